The summed E-state index contributed by atoms with van der Waals surface area (Å²) in [5.41, 5.74) is 1.72. The molecular weight excluding hydrogens is 300 g/mol. The second-order valence-electron chi connectivity index (χ2n) is 6.60. The van der Waals surface area contributed by atoms with Gasteiger partial charge < -0.3 is 5.32 Å². The van der Waals surface area contributed by atoms with E-state index in [1.165, 1.54) is 5.56 Å². The van der Waals surface area contributed by atoms with Crippen LogP contribution >= 0.6 is 15.9 Å². The zero-order valence-electron chi connectivity index (χ0n) is 12.4. The van der Waals surface area contributed by atoms with E-state index in [-0.39, 0.29) is 0 Å². The summed E-state index contributed by atoms with van der Waals surface area (Å²) in [7, 11) is 0. The number of halogens is 1. The molecule has 0 amide bonds. The maximum absolute atomic E-state index is 3.66. The van der Waals surface area contributed by atoms with Crippen LogP contribution in [0.25, 0.3) is 0 Å². The Morgan fingerprint density at radius 2 is 1.89 bits per heavy atom. The van der Waals surface area contributed by atoms with E-state index >= 15 is 0 Å². The summed E-state index contributed by atoms with van der Waals surface area (Å²) in [5, 5.41) is 3.66. The predicted molar refractivity (Wildman–Crippen MR) is 85.4 cm³/mol. The Morgan fingerprint density at radius 3 is 2.47 bits per heavy atom. The van der Waals surface area contributed by atoms with Gasteiger partial charge in [-0.2, -0.15) is 0 Å². The minimum absolute atomic E-state index is 0.318. The molecule has 0 saturated carbocycles. The first-order valence-electron chi connectivity index (χ1n) is 7.11. The largest absolute Gasteiger partial charge is 0.311 e. The maximum Gasteiger partial charge on any atom is 0.0321 e. The van der Waals surface area contributed by atoms with Crippen LogP contribution in [0.5, 0.6) is 0 Å². The highest BCUT2D eigenvalue weighted by molar-refractivity contribution is 9.10. The standard InChI is InChI=1S/C16H25BrN2/c1-12(13-5-7-14(17)8-6-13)19-10-9-18-15(11-19)16(2,3)4/h5-8,12,15,18H,9-11H2,1-4H3. The molecule has 0 bridgehead atoms. The predicted octanol–water partition coefficient (Wildman–Crippen LogP) is 3.83. The smallest absolute Gasteiger partial charge is 0.0321 e. The van der Waals surface area contributed by atoms with Crippen molar-refractivity contribution in [3.63, 3.8) is 0 Å². The van der Waals surface area contributed by atoms with Gasteiger partial charge in [0, 0.05) is 36.2 Å². The monoisotopic (exact) mass is 324 g/mol. The molecule has 0 aliphatic carbocycles. The topological polar surface area (TPSA) is 15.3 Å². The molecule has 0 spiro atoms. The summed E-state index contributed by atoms with van der Waals surface area (Å²) in [4.78, 5) is 2.59. The van der Waals surface area contributed by atoms with Crippen LogP contribution < -0.4 is 5.32 Å². The molecule has 19 heavy (non-hydrogen) atoms. The fourth-order valence-corrected chi connectivity index (χ4v) is 2.92. The number of nitrogens with zero attached hydrogens (tertiary/aromatic N) is 1. The SMILES string of the molecule is CC(c1ccc(Br)cc1)N1CCNC(C(C)(C)C)C1. The van der Waals surface area contributed by atoms with Crippen molar-refractivity contribution in [2.45, 2.75) is 39.8 Å². The van der Waals surface area contributed by atoms with Gasteiger partial charge in [0.2, 0.25) is 0 Å². The molecule has 1 saturated heterocycles. The van der Waals surface area contributed by atoms with E-state index in [1.54, 1.807) is 0 Å². The molecule has 1 aromatic rings. The van der Waals surface area contributed by atoms with Gasteiger partial charge in [0.1, 0.15) is 0 Å². The van der Waals surface area contributed by atoms with Crippen molar-refractivity contribution in [1.29, 1.82) is 0 Å². The van der Waals surface area contributed by atoms with E-state index in [4.69, 9.17) is 0 Å². The van der Waals surface area contributed by atoms with Crippen LogP contribution in [0.15, 0.2) is 28.7 Å². The average molecular weight is 325 g/mol. The molecule has 0 aromatic heterocycles. The van der Waals surface area contributed by atoms with Crippen molar-refractivity contribution in [3.8, 4) is 0 Å². The molecule has 2 unspecified atom stereocenters. The molecular formula is C16H25BrN2. The number of nitrogens with one attached hydrogen (secondary N) is 1. The van der Waals surface area contributed by atoms with Gasteiger partial charge in [-0.1, -0.05) is 48.8 Å². The Labute approximate surface area is 125 Å². The van der Waals surface area contributed by atoms with Crippen molar-refractivity contribution in [2.75, 3.05) is 19.6 Å². The average Bonchev–Trinajstić information content (AvgIpc) is 2.38. The second-order valence-corrected chi connectivity index (χ2v) is 7.51. The Bertz CT molecular complexity index is 408. The zero-order valence-corrected chi connectivity index (χ0v) is 14.0. The lowest BCUT2D eigenvalue weighted by Gasteiger charge is -2.43. The van der Waals surface area contributed by atoms with E-state index in [1.807, 2.05) is 0 Å². The quantitative estimate of drug-likeness (QED) is 0.889. The molecule has 0 radical (unpaired) electrons. The third-order valence-corrected chi connectivity index (χ3v) is 4.68. The maximum atomic E-state index is 3.66. The molecule has 2 nitrogen and oxygen atoms in total. The van der Waals surface area contributed by atoms with Crippen LogP contribution in [0.4, 0.5) is 0 Å². The number of piperazine rings is 1. The molecule has 1 N–H and O–H groups in total. The molecule has 106 valence electrons. The van der Waals surface area contributed by atoms with Gasteiger partial charge in [-0.05, 0) is 30.0 Å². The first kappa shape index (κ1) is 15.0. The molecule has 1 aliphatic heterocycles. The minimum Gasteiger partial charge on any atom is -0.311 e. The van der Waals surface area contributed by atoms with Crippen molar-refractivity contribution in [3.05, 3.63) is 34.3 Å². The summed E-state index contributed by atoms with van der Waals surface area (Å²) in [5.74, 6) is 0. The number of hydrogen-bond donors (Lipinski definition) is 1. The zero-order chi connectivity index (χ0) is 14.0. The summed E-state index contributed by atoms with van der Waals surface area (Å²) in [6.45, 7) is 12.6. The van der Waals surface area contributed by atoms with E-state index in [0.717, 1.165) is 24.1 Å². The summed E-state index contributed by atoms with van der Waals surface area (Å²) in [6, 6.07) is 9.77. The van der Waals surface area contributed by atoms with Gasteiger partial charge in [0.25, 0.3) is 0 Å². The normalized spacial score (nSPS) is 23.3. The third-order valence-electron chi connectivity index (χ3n) is 4.15. The van der Waals surface area contributed by atoms with Gasteiger partial charge >= 0.3 is 0 Å². The van der Waals surface area contributed by atoms with Crippen LogP contribution in [-0.2, 0) is 0 Å². The highest BCUT2D eigenvalue weighted by atomic mass is 79.9. The van der Waals surface area contributed by atoms with E-state index in [2.05, 4.69) is 78.1 Å². The summed E-state index contributed by atoms with van der Waals surface area (Å²) in [6.07, 6.45) is 0. The Hall–Kier alpha value is -0.380. The van der Waals surface area contributed by atoms with Crippen molar-refractivity contribution in [2.24, 2.45) is 5.41 Å². The lowest BCUT2D eigenvalue weighted by Crippen LogP contribution is -2.56. The van der Waals surface area contributed by atoms with Crippen LogP contribution in [-0.4, -0.2) is 30.6 Å². The number of hydrogen-bond acceptors (Lipinski definition) is 2. The third kappa shape index (κ3) is 3.80. The second kappa shape index (κ2) is 5.94. The van der Waals surface area contributed by atoms with Crippen LogP contribution in [0.3, 0.4) is 0 Å². The van der Waals surface area contributed by atoms with Crippen LogP contribution in [0.2, 0.25) is 0 Å². The Balaban J connectivity index is 2.06. The number of benzene rings is 1. The molecule has 1 aromatic carbocycles. The lowest BCUT2D eigenvalue weighted by atomic mass is 9.85. The molecule has 1 fully saturated rings. The molecule has 1 aliphatic rings. The molecule has 2 rings (SSSR count). The van der Waals surface area contributed by atoms with E-state index in [9.17, 15) is 0 Å². The molecule has 3 heteroatoms. The fourth-order valence-electron chi connectivity index (χ4n) is 2.66. The lowest BCUT2D eigenvalue weighted by molar-refractivity contribution is 0.104. The summed E-state index contributed by atoms with van der Waals surface area (Å²) < 4.78 is 1.15. The van der Waals surface area contributed by atoms with Crippen molar-refractivity contribution < 1.29 is 0 Å². The van der Waals surface area contributed by atoms with Gasteiger partial charge in [0.15, 0.2) is 0 Å². The van der Waals surface area contributed by atoms with Gasteiger partial charge in [-0.3, -0.25) is 4.90 Å². The molecule has 2 atom stereocenters. The highest BCUT2D eigenvalue weighted by Crippen LogP contribution is 2.27. The van der Waals surface area contributed by atoms with Gasteiger partial charge in [-0.15, -0.1) is 0 Å². The van der Waals surface area contributed by atoms with Crippen LogP contribution in [0.1, 0.15) is 39.3 Å². The van der Waals surface area contributed by atoms with Gasteiger partial charge in [-0.25, -0.2) is 0 Å². The first-order valence-corrected chi connectivity index (χ1v) is 7.90. The van der Waals surface area contributed by atoms with E-state index < -0.39 is 0 Å². The Morgan fingerprint density at radius 1 is 1.26 bits per heavy atom. The highest BCUT2D eigenvalue weighted by Gasteiger charge is 2.31. The van der Waals surface area contributed by atoms with Crippen molar-refractivity contribution >= 4 is 15.9 Å². The molecule has 1 heterocycles. The Kier molecular flexibility index (Phi) is 4.70. The number of rotatable bonds is 2. The van der Waals surface area contributed by atoms with Gasteiger partial charge in [0.05, 0.1) is 0 Å². The van der Waals surface area contributed by atoms with E-state index in [0.29, 0.717) is 17.5 Å². The fraction of sp³-hybridized carbons (Fsp3) is 0.625. The van der Waals surface area contributed by atoms with Crippen molar-refractivity contribution in [1.82, 2.24) is 10.2 Å². The van der Waals surface area contributed by atoms with Crippen LogP contribution in [0, 0.1) is 5.41 Å². The minimum atomic E-state index is 0.318. The first-order chi connectivity index (χ1) is 8.88. The summed E-state index contributed by atoms with van der Waals surface area (Å²) >= 11 is 3.50.